The van der Waals surface area contributed by atoms with Gasteiger partial charge < -0.3 is 5.11 Å². The Morgan fingerprint density at radius 3 is 2.75 bits per heavy atom. The van der Waals surface area contributed by atoms with Crippen molar-refractivity contribution in [3.8, 4) is 0 Å². The van der Waals surface area contributed by atoms with E-state index in [1.807, 2.05) is 19.1 Å². The zero-order valence-corrected chi connectivity index (χ0v) is 6.92. The van der Waals surface area contributed by atoms with E-state index < -0.39 is 0 Å². The van der Waals surface area contributed by atoms with Crippen molar-refractivity contribution in [3.63, 3.8) is 0 Å². The van der Waals surface area contributed by atoms with Crippen molar-refractivity contribution in [1.82, 2.24) is 0 Å². The van der Waals surface area contributed by atoms with Crippen LogP contribution in [0.5, 0.6) is 0 Å². The minimum absolute atomic E-state index is 0.128. The van der Waals surface area contributed by atoms with Gasteiger partial charge in [0.05, 0.1) is 6.61 Å². The molecule has 0 aliphatic carbocycles. The molecule has 0 aliphatic heterocycles. The van der Waals surface area contributed by atoms with Crippen LogP contribution >= 0.6 is 22.6 Å². The first kappa shape index (κ1) is 8.17. The van der Waals surface area contributed by atoms with E-state index in [9.17, 15) is 0 Å². The molecular weight excluding hydrogens is 215 g/mol. The molecule has 0 amide bonds. The van der Waals surface area contributed by atoms with Crippen molar-refractivity contribution in [1.29, 1.82) is 0 Å². The molecule has 1 nitrogen and oxygen atoms in total. The molecule has 0 rings (SSSR count). The lowest BCUT2D eigenvalue weighted by Crippen LogP contribution is -1.71. The van der Waals surface area contributed by atoms with Crippen LogP contribution in [0.25, 0.3) is 0 Å². The Labute approximate surface area is 63.2 Å². The van der Waals surface area contributed by atoms with E-state index in [4.69, 9.17) is 5.11 Å². The van der Waals surface area contributed by atoms with E-state index in [0.29, 0.717) is 0 Å². The maximum Gasteiger partial charge on any atom is 0.0625 e. The first-order chi connectivity index (χ1) is 3.81. The molecule has 0 atom stereocenters. The minimum atomic E-state index is 0.128. The number of halogens is 1. The third kappa shape index (κ3) is 4.33. The number of hydrogen-bond acceptors (Lipinski definition) is 1. The van der Waals surface area contributed by atoms with Gasteiger partial charge in [0.25, 0.3) is 0 Å². The van der Waals surface area contributed by atoms with Crippen LogP contribution in [0.3, 0.4) is 0 Å². The van der Waals surface area contributed by atoms with Crippen molar-refractivity contribution < 1.29 is 5.11 Å². The van der Waals surface area contributed by atoms with Gasteiger partial charge in [-0.25, -0.2) is 0 Å². The Bertz CT molecular complexity index is 105. The molecule has 0 aliphatic rings. The van der Waals surface area contributed by atoms with E-state index >= 15 is 0 Å². The SMILES string of the molecule is C/C=C/C(I)=C/CO. The van der Waals surface area contributed by atoms with Crippen LogP contribution in [-0.2, 0) is 0 Å². The van der Waals surface area contributed by atoms with Gasteiger partial charge in [0, 0.05) is 3.58 Å². The monoisotopic (exact) mass is 224 g/mol. The first-order valence-corrected chi connectivity index (χ1v) is 3.48. The normalized spacial score (nSPS) is 13.1. The van der Waals surface area contributed by atoms with E-state index in [1.54, 1.807) is 6.08 Å². The van der Waals surface area contributed by atoms with Crippen LogP contribution in [0, 0.1) is 0 Å². The van der Waals surface area contributed by atoms with Crippen LogP contribution < -0.4 is 0 Å². The molecule has 0 saturated heterocycles. The Balaban J connectivity index is 3.61. The number of hydrogen-bond donors (Lipinski definition) is 1. The number of rotatable bonds is 2. The molecule has 0 heterocycles. The minimum Gasteiger partial charge on any atom is -0.392 e. The topological polar surface area (TPSA) is 20.2 Å². The molecule has 0 aromatic carbocycles. The van der Waals surface area contributed by atoms with Crippen LogP contribution in [0.1, 0.15) is 6.92 Å². The van der Waals surface area contributed by atoms with Gasteiger partial charge in [-0.15, -0.1) is 0 Å². The van der Waals surface area contributed by atoms with E-state index in [1.165, 1.54) is 0 Å². The molecule has 8 heavy (non-hydrogen) atoms. The van der Waals surface area contributed by atoms with Gasteiger partial charge in [0.15, 0.2) is 0 Å². The highest BCUT2D eigenvalue weighted by molar-refractivity contribution is 14.1. The largest absolute Gasteiger partial charge is 0.392 e. The van der Waals surface area contributed by atoms with Gasteiger partial charge in [-0.3, -0.25) is 0 Å². The Morgan fingerprint density at radius 2 is 2.38 bits per heavy atom. The lowest BCUT2D eigenvalue weighted by Gasteiger charge is -1.82. The van der Waals surface area contributed by atoms with E-state index in [2.05, 4.69) is 22.6 Å². The summed E-state index contributed by atoms with van der Waals surface area (Å²) in [5.74, 6) is 0. The average molecular weight is 224 g/mol. The second-order valence-electron chi connectivity index (χ2n) is 1.27. The second kappa shape index (κ2) is 5.31. The summed E-state index contributed by atoms with van der Waals surface area (Å²) in [6.07, 6.45) is 5.63. The maximum absolute atomic E-state index is 8.35. The fourth-order valence-corrected chi connectivity index (χ4v) is 0.871. The van der Waals surface area contributed by atoms with Gasteiger partial charge in [-0.05, 0) is 35.6 Å². The Kier molecular flexibility index (Phi) is 5.42. The first-order valence-electron chi connectivity index (χ1n) is 2.40. The van der Waals surface area contributed by atoms with Crippen molar-refractivity contribution in [2.45, 2.75) is 6.92 Å². The summed E-state index contributed by atoms with van der Waals surface area (Å²) in [5.41, 5.74) is 0. The molecule has 0 fully saturated rings. The quantitative estimate of drug-likeness (QED) is 0.560. The zero-order valence-electron chi connectivity index (χ0n) is 4.76. The summed E-state index contributed by atoms with van der Waals surface area (Å²) in [5, 5.41) is 8.35. The summed E-state index contributed by atoms with van der Waals surface area (Å²) in [6.45, 7) is 2.08. The highest BCUT2D eigenvalue weighted by Gasteiger charge is 1.77. The summed E-state index contributed by atoms with van der Waals surface area (Å²) < 4.78 is 1.08. The molecule has 0 aromatic rings. The highest BCUT2D eigenvalue weighted by atomic mass is 127. The van der Waals surface area contributed by atoms with Crippen LogP contribution in [-0.4, -0.2) is 11.7 Å². The third-order valence-electron chi connectivity index (χ3n) is 0.612. The lowest BCUT2D eigenvalue weighted by molar-refractivity contribution is 0.342. The molecule has 0 bridgehead atoms. The van der Waals surface area contributed by atoms with Crippen LogP contribution in [0.4, 0.5) is 0 Å². The molecule has 0 aromatic heterocycles. The Morgan fingerprint density at radius 1 is 1.75 bits per heavy atom. The molecule has 0 unspecified atom stereocenters. The molecular formula is C6H9IO. The van der Waals surface area contributed by atoms with Gasteiger partial charge in [-0.2, -0.15) is 0 Å². The average Bonchev–Trinajstić information content (AvgIpc) is 1.68. The summed E-state index contributed by atoms with van der Waals surface area (Å²) in [7, 11) is 0. The van der Waals surface area contributed by atoms with Crippen molar-refractivity contribution in [2.75, 3.05) is 6.61 Å². The van der Waals surface area contributed by atoms with Crippen molar-refractivity contribution in [3.05, 3.63) is 21.8 Å². The molecule has 46 valence electrons. The van der Waals surface area contributed by atoms with Crippen LogP contribution in [0.15, 0.2) is 21.8 Å². The van der Waals surface area contributed by atoms with Crippen LogP contribution in [0.2, 0.25) is 0 Å². The lowest BCUT2D eigenvalue weighted by atomic mass is 10.4. The third-order valence-corrected chi connectivity index (χ3v) is 1.41. The van der Waals surface area contributed by atoms with Gasteiger partial charge >= 0.3 is 0 Å². The smallest absolute Gasteiger partial charge is 0.0625 e. The molecule has 0 spiro atoms. The molecule has 0 radical (unpaired) electrons. The number of allylic oxidation sites excluding steroid dienone is 3. The van der Waals surface area contributed by atoms with Gasteiger partial charge in [0.1, 0.15) is 0 Å². The second-order valence-corrected chi connectivity index (χ2v) is 2.52. The van der Waals surface area contributed by atoms with Crippen molar-refractivity contribution in [2.24, 2.45) is 0 Å². The summed E-state index contributed by atoms with van der Waals surface area (Å²) >= 11 is 2.16. The van der Waals surface area contributed by atoms with Crippen molar-refractivity contribution >= 4 is 22.6 Å². The number of aliphatic hydroxyl groups is 1. The summed E-state index contributed by atoms with van der Waals surface area (Å²) in [6, 6.07) is 0. The summed E-state index contributed by atoms with van der Waals surface area (Å²) in [4.78, 5) is 0. The maximum atomic E-state index is 8.35. The Hall–Kier alpha value is 0.170. The standard InChI is InChI=1S/C6H9IO/c1-2-3-6(7)4-5-8/h2-4,8H,5H2,1H3/b3-2+,6-4-. The number of aliphatic hydroxyl groups excluding tert-OH is 1. The fraction of sp³-hybridized carbons (Fsp3) is 0.333. The molecule has 2 heteroatoms. The molecule has 1 N–H and O–H groups in total. The predicted octanol–water partition coefficient (Wildman–Crippen LogP) is 1.87. The fourth-order valence-electron chi connectivity index (χ4n) is 0.314. The highest BCUT2D eigenvalue weighted by Crippen LogP contribution is 2.05. The molecule has 0 saturated carbocycles. The predicted molar refractivity (Wildman–Crippen MR) is 44.0 cm³/mol. The van der Waals surface area contributed by atoms with E-state index in [0.717, 1.165) is 3.58 Å². The van der Waals surface area contributed by atoms with Gasteiger partial charge in [-0.1, -0.05) is 12.2 Å². The van der Waals surface area contributed by atoms with Gasteiger partial charge in [0.2, 0.25) is 0 Å². The zero-order chi connectivity index (χ0) is 6.41. The van der Waals surface area contributed by atoms with E-state index in [-0.39, 0.29) is 6.61 Å².